The maximum atomic E-state index is 11.7. The van der Waals surface area contributed by atoms with Crippen molar-refractivity contribution in [2.45, 2.75) is 19.9 Å². The third kappa shape index (κ3) is 2.94. The molecule has 0 saturated heterocycles. The minimum atomic E-state index is -0.306. The number of aromatic nitrogens is 2. The molecule has 0 saturated carbocycles. The zero-order valence-electron chi connectivity index (χ0n) is 9.98. The van der Waals surface area contributed by atoms with Gasteiger partial charge in [0.05, 0.1) is 19.1 Å². The average Bonchev–Trinajstić information content (AvgIpc) is 2.79. The molecule has 5 nitrogen and oxygen atoms in total. The van der Waals surface area contributed by atoms with Gasteiger partial charge >= 0.3 is 5.97 Å². The second kappa shape index (κ2) is 5.63. The number of nitrogens with zero attached hydrogens (tertiary/aromatic N) is 2. The van der Waals surface area contributed by atoms with Gasteiger partial charge < -0.3 is 14.6 Å². The SMILES string of the molecule is CCOC(=O)c1cncn1CC1=CCNCC1. The van der Waals surface area contributed by atoms with Crippen LogP contribution in [0.2, 0.25) is 0 Å². The van der Waals surface area contributed by atoms with Gasteiger partial charge in [-0.05, 0) is 19.9 Å². The van der Waals surface area contributed by atoms with Gasteiger partial charge in [-0.3, -0.25) is 0 Å². The Morgan fingerprint density at radius 1 is 1.65 bits per heavy atom. The van der Waals surface area contributed by atoms with Gasteiger partial charge in [-0.15, -0.1) is 0 Å². The number of imidazole rings is 1. The molecule has 0 fully saturated rings. The molecule has 0 aromatic carbocycles. The van der Waals surface area contributed by atoms with Crippen LogP contribution in [-0.2, 0) is 11.3 Å². The summed E-state index contributed by atoms with van der Waals surface area (Å²) < 4.78 is 6.83. The first kappa shape index (κ1) is 11.9. The van der Waals surface area contributed by atoms with E-state index in [1.807, 2.05) is 4.57 Å². The van der Waals surface area contributed by atoms with Crippen molar-refractivity contribution in [3.05, 3.63) is 29.9 Å². The molecule has 5 heteroatoms. The van der Waals surface area contributed by atoms with E-state index >= 15 is 0 Å². The van der Waals surface area contributed by atoms with Crippen LogP contribution < -0.4 is 5.32 Å². The predicted molar refractivity (Wildman–Crippen MR) is 63.8 cm³/mol. The number of hydrogen-bond acceptors (Lipinski definition) is 4. The number of carbonyl (C=O) groups is 1. The molecule has 0 bridgehead atoms. The Hall–Kier alpha value is -1.62. The molecular weight excluding hydrogens is 218 g/mol. The molecule has 1 aromatic heterocycles. The van der Waals surface area contributed by atoms with Crippen LogP contribution in [0.3, 0.4) is 0 Å². The van der Waals surface area contributed by atoms with Gasteiger partial charge in [0.25, 0.3) is 0 Å². The summed E-state index contributed by atoms with van der Waals surface area (Å²) in [4.78, 5) is 15.7. The number of nitrogens with one attached hydrogen (secondary N) is 1. The van der Waals surface area contributed by atoms with Crippen LogP contribution >= 0.6 is 0 Å². The lowest BCUT2D eigenvalue weighted by atomic mass is 10.1. The molecular formula is C12H17N3O2. The Morgan fingerprint density at radius 3 is 3.24 bits per heavy atom. The third-order valence-corrected chi connectivity index (χ3v) is 2.73. The first-order chi connectivity index (χ1) is 8.31. The Morgan fingerprint density at radius 2 is 2.53 bits per heavy atom. The highest BCUT2D eigenvalue weighted by molar-refractivity contribution is 5.87. The minimum Gasteiger partial charge on any atom is -0.461 e. The summed E-state index contributed by atoms with van der Waals surface area (Å²) in [5.41, 5.74) is 1.85. The van der Waals surface area contributed by atoms with Crippen LogP contribution in [0, 0.1) is 0 Å². The molecule has 17 heavy (non-hydrogen) atoms. The van der Waals surface area contributed by atoms with Crippen LogP contribution in [0.4, 0.5) is 0 Å². The lowest BCUT2D eigenvalue weighted by Gasteiger charge is -2.15. The van der Waals surface area contributed by atoms with Crippen molar-refractivity contribution in [3.63, 3.8) is 0 Å². The standard InChI is InChI=1S/C12H17N3O2/c1-2-17-12(16)11-7-14-9-15(11)8-10-3-5-13-6-4-10/h3,7,9,13H,2,4-6,8H2,1H3. The van der Waals surface area contributed by atoms with Gasteiger partial charge in [0.15, 0.2) is 0 Å². The van der Waals surface area contributed by atoms with Gasteiger partial charge in [0.1, 0.15) is 5.69 Å². The van der Waals surface area contributed by atoms with E-state index in [1.54, 1.807) is 19.4 Å². The molecule has 0 aliphatic carbocycles. The van der Waals surface area contributed by atoms with Crippen molar-refractivity contribution in [3.8, 4) is 0 Å². The minimum absolute atomic E-state index is 0.306. The van der Waals surface area contributed by atoms with Crippen molar-refractivity contribution in [2.24, 2.45) is 0 Å². The highest BCUT2D eigenvalue weighted by Crippen LogP contribution is 2.10. The first-order valence-corrected chi connectivity index (χ1v) is 5.87. The lowest BCUT2D eigenvalue weighted by molar-refractivity contribution is 0.0514. The number of hydrogen-bond donors (Lipinski definition) is 1. The Labute approximate surface area is 100 Å². The number of rotatable bonds is 4. The van der Waals surface area contributed by atoms with Crippen LogP contribution in [-0.4, -0.2) is 35.2 Å². The number of esters is 1. The van der Waals surface area contributed by atoms with Gasteiger partial charge in [-0.2, -0.15) is 0 Å². The molecule has 2 rings (SSSR count). The van der Waals surface area contributed by atoms with E-state index in [4.69, 9.17) is 4.74 Å². The zero-order chi connectivity index (χ0) is 12.1. The van der Waals surface area contributed by atoms with Crippen LogP contribution in [0.5, 0.6) is 0 Å². The molecule has 92 valence electrons. The zero-order valence-corrected chi connectivity index (χ0v) is 9.98. The van der Waals surface area contributed by atoms with Crippen molar-refractivity contribution in [1.29, 1.82) is 0 Å². The van der Waals surface area contributed by atoms with E-state index in [9.17, 15) is 4.79 Å². The fraction of sp³-hybridized carbons (Fsp3) is 0.500. The predicted octanol–water partition coefficient (Wildman–Crippen LogP) is 0.979. The smallest absolute Gasteiger partial charge is 0.356 e. The third-order valence-electron chi connectivity index (χ3n) is 2.73. The summed E-state index contributed by atoms with van der Waals surface area (Å²) in [5, 5.41) is 3.26. The second-order valence-electron chi connectivity index (χ2n) is 3.94. The quantitative estimate of drug-likeness (QED) is 0.624. The molecule has 0 atom stereocenters. The van der Waals surface area contributed by atoms with Crippen molar-refractivity contribution < 1.29 is 9.53 Å². The van der Waals surface area contributed by atoms with E-state index in [2.05, 4.69) is 16.4 Å². The van der Waals surface area contributed by atoms with Gasteiger partial charge in [-0.1, -0.05) is 11.6 Å². The second-order valence-corrected chi connectivity index (χ2v) is 3.94. The van der Waals surface area contributed by atoms with Crippen molar-refractivity contribution >= 4 is 5.97 Å². The fourth-order valence-electron chi connectivity index (χ4n) is 1.85. The van der Waals surface area contributed by atoms with Gasteiger partial charge in [0, 0.05) is 13.1 Å². The summed E-state index contributed by atoms with van der Waals surface area (Å²) in [5.74, 6) is -0.306. The molecule has 1 aliphatic heterocycles. The van der Waals surface area contributed by atoms with Crippen molar-refractivity contribution in [1.82, 2.24) is 14.9 Å². The largest absolute Gasteiger partial charge is 0.461 e. The van der Waals surface area contributed by atoms with Crippen LogP contribution in [0.25, 0.3) is 0 Å². The van der Waals surface area contributed by atoms with E-state index < -0.39 is 0 Å². The molecule has 0 spiro atoms. The maximum Gasteiger partial charge on any atom is 0.356 e. The highest BCUT2D eigenvalue weighted by Gasteiger charge is 2.14. The molecule has 0 unspecified atom stereocenters. The summed E-state index contributed by atoms with van der Waals surface area (Å²) in [6, 6.07) is 0. The molecule has 2 heterocycles. The van der Waals surface area contributed by atoms with E-state index in [0.29, 0.717) is 12.3 Å². The van der Waals surface area contributed by atoms with E-state index in [-0.39, 0.29) is 5.97 Å². The summed E-state index contributed by atoms with van der Waals surface area (Å²) in [6.07, 6.45) is 6.41. The molecule has 0 amide bonds. The normalized spacial score (nSPS) is 15.5. The van der Waals surface area contributed by atoms with E-state index in [1.165, 1.54) is 5.57 Å². The van der Waals surface area contributed by atoms with Gasteiger partial charge in [0.2, 0.25) is 0 Å². The molecule has 1 N–H and O–H groups in total. The van der Waals surface area contributed by atoms with Gasteiger partial charge in [-0.25, -0.2) is 9.78 Å². The number of ether oxygens (including phenoxy) is 1. The molecule has 0 radical (unpaired) electrons. The van der Waals surface area contributed by atoms with E-state index in [0.717, 1.165) is 26.1 Å². The monoisotopic (exact) mass is 235 g/mol. The fourth-order valence-corrected chi connectivity index (χ4v) is 1.85. The van der Waals surface area contributed by atoms with Crippen LogP contribution in [0.1, 0.15) is 23.8 Å². The Kier molecular flexibility index (Phi) is 3.93. The average molecular weight is 235 g/mol. The maximum absolute atomic E-state index is 11.7. The molecule has 1 aromatic rings. The molecule has 1 aliphatic rings. The summed E-state index contributed by atoms with van der Waals surface area (Å²) >= 11 is 0. The summed E-state index contributed by atoms with van der Waals surface area (Å²) in [6.45, 7) is 4.80. The lowest BCUT2D eigenvalue weighted by Crippen LogP contribution is -2.22. The van der Waals surface area contributed by atoms with Crippen LogP contribution in [0.15, 0.2) is 24.2 Å². The van der Waals surface area contributed by atoms with Crippen molar-refractivity contribution in [2.75, 3.05) is 19.7 Å². The Bertz CT molecular complexity index is 423. The Balaban J connectivity index is 2.08. The first-order valence-electron chi connectivity index (χ1n) is 5.87. The number of carbonyl (C=O) groups excluding carboxylic acids is 1. The highest BCUT2D eigenvalue weighted by atomic mass is 16.5. The topological polar surface area (TPSA) is 56.1 Å². The summed E-state index contributed by atoms with van der Waals surface area (Å²) in [7, 11) is 0.